The fraction of sp³-hybridized carbons (Fsp3) is 0.417. The van der Waals surface area contributed by atoms with Crippen LogP contribution < -0.4 is 9.47 Å². The molecule has 0 saturated carbocycles. The summed E-state index contributed by atoms with van der Waals surface area (Å²) < 4.78 is 10.6. The molecule has 3 heteroatoms. The first-order chi connectivity index (χ1) is 7.26. The van der Waals surface area contributed by atoms with Crippen molar-refractivity contribution in [3.05, 3.63) is 23.8 Å². The van der Waals surface area contributed by atoms with Gasteiger partial charge in [0.2, 0.25) is 5.78 Å². The molecule has 2 rings (SSSR count). The lowest BCUT2D eigenvalue weighted by molar-refractivity contribution is 0.0845. The lowest BCUT2D eigenvalue weighted by Gasteiger charge is -2.06. The summed E-state index contributed by atoms with van der Waals surface area (Å²) in [6.07, 6.45) is 1.43. The molecule has 1 unspecified atom stereocenters. The molecule has 0 spiro atoms. The highest BCUT2D eigenvalue weighted by Gasteiger charge is 2.31. The second-order valence-corrected chi connectivity index (χ2v) is 3.62. The molecular weight excluding hydrogens is 192 g/mol. The van der Waals surface area contributed by atoms with Crippen LogP contribution in [0.5, 0.6) is 11.5 Å². The smallest absolute Gasteiger partial charge is 0.207 e. The van der Waals surface area contributed by atoms with Crippen molar-refractivity contribution in [1.29, 1.82) is 0 Å². The third-order valence-corrected chi connectivity index (χ3v) is 2.56. The Morgan fingerprint density at radius 1 is 1.47 bits per heavy atom. The van der Waals surface area contributed by atoms with E-state index in [4.69, 9.17) is 9.47 Å². The van der Waals surface area contributed by atoms with Crippen LogP contribution in [0.25, 0.3) is 0 Å². The van der Waals surface area contributed by atoms with Gasteiger partial charge in [-0.1, -0.05) is 13.3 Å². The van der Waals surface area contributed by atoms with Crippen molar-refractivity contribution >= 4 is 5.78 Å². The number of ether oxygens (including phenoxy) is 2. The summed E-state index contributed by atoms with van der Waals surface area (Å²) in [6.45, 7) is 2.04. The summed E-state index contributed by atoms with van der Waals surface area (Å²) in [6, 6.07) is 5.34. The molecular formula is C12H14O3. The van der Waals surface area contributed by atoms with Crippen molar-refractivity contribution in [2.24, 2.45) is 0 Å². The number of Topliss-reactive ketones (excluding diaryl/α,β-unsaturated/α-hetero) is 1. The third kappa shape index (κ3) is 1.69. The zero-order chi connectivity index (χ0) is 10.8. The molecule has 1 heterocycles. The summed E-state index contributed by atoms with van der Waals surface area (Å²) in [5, 5.41) is 0. The Labute approximate surface area is 89.0 Å². The maximum atomic E-state index is 11.9. The topological polar surface area (TPSA) is 35.5 Å². The van der Waals surface area contributed by atoms with Crippen LogP contribution in [0.1, 0.15) is 30.1 Å². The molecule has 0 radical (unpaired) electrons. The molecule has 1 atom stereocenters. The van der Waals surface area contributed by atoms with Crippen LogP contribution in [0.2, 0.25) is 0 Å². The van der Waals surface area contributed by atoms with Crippen LogP contribution in [0, 0.1) is 0 Å². The number of ketones is 1. The number of benzene rings is 1. The van der Waals surface area contributed by atoms with Crippen LogP contribution in [-0.4, -0.2) is 19.0 Å². The molecule has 15 heavy (non-hydrogen) atoms. The van der Waals surface area contributed by atoms with Gasteiger partial charge in [0.25, 0.3) is 0 Å². The number of rotatable bonds is 3. The monoisotopic (exact) mass is 206 g/mol. The van der Waals surface area contributed by atoms with Gasteiger partial charge >= 0.3 is 0 Å². The van der Waals surface area contributed by atoms with Crippen molar-refractivity contribution in [2.45, 2.75) is 25.9 Å². The lowest BCUT2D eigenvalue weighted by Crippen LogP contribution is -2.19. The number of methoxy groups -OCH3 is 1. The van der Waals surface area contributed by atoms with E-state index in [2.05, 4.69) is 0 Å². The van der Waals surface area contributed by atoms with Crippen molar-refractivity contribution in [3.63, 3.8) is 0 Å². The Kier molecular flexibility index (Phi) is 2.62. The molecule has 0 aromatic heterocycles. The maximum absolute atomic E-state index is 11.9. The fourth-order valence-electron chi connectivity index (χ4n) is 1.76. The number of fused-ring (bicyclic) bond motifs is 1. The van der Waals surface area contributed by atoms with Gasteiger partial charge in [-0.25, -0.2) is 0 Å². The molecule has 0 saturated heterocycles. The van der Waals surface area contributed by atoms with Crippen LogP contribution in [0.4, 0.5) is 0 Å². The minimum absolute atomic E-state index is 0.0748. The number of carbonyl (C=O) groups excluding carboxylic acids is 1. The van der Waals surface area contributed by atoms with Crippen LogP contribution >= 0.6 is 0 Å². The molecule has 1 aliphatic heterocycles. The van der Waals surface area contributed by atoms with Gasteiger partial charge in [0.1, 0.15) is 11.5 Å². The molecule has 3 nitrogen and oxygen atoms in total. The second kappa shape index (κ2) is 3.93. The Hall–Kier alpha value is -1.51. The molecule has 0 N–H and O–H groups in total. The van der Waals surface area contributed by atoms with Gasteiger partial charge in [-0.3, -0.25) is 4.79 Å². The Morgan fingerprint density at radius 3 is 2.93 bits per heavy atom. The summed E-state index contributed by atoms with van der Waals surface area (Å²) in [7, 11) is 1.59. The molecule has 1 aromatic rings. The highest BCUT2D eigenvalue weighted by Crippen LogP contribution is 2.33. The quantitative estimate of drug-likeness (QED) is 0.762. The van der Waals surface area contributed by atoms with Gasteiger partial charge in [0.15, 0.2) is 6.10 Å². The summed E-state index contributed by atoms with van der Waals surface area (Å²) in [5.74, 6) is 1.45. The van der Waals surface area contributed by atoms with Crippen molar-refractivity contribution < 1.29 is 14.3 Å². The molecule has 1 aliphatic rings. The summed E-state index contributed by atoms with van der Waals surface area (Å²) in [5.41, 5.74) is 0.646. The van der Waals surface area contributed by atoms with Crippen molar-refractivity contribution in [1.82, 2.24) is 0 Å². The highest BCUT2D eigenvalue weighted by molar-refractivity contribution is 6.04. The highest BCUT2D eigenvalue weighted by atomic mass is 16.5. The molecule has 80 valence electrons. The first-order valence-corrected chi connectivity index (χ1v) is 5.15. The van der Waals surface area contributed by atoms with E-state index < -0.39 is 0 Å². The van der Waals surface area contributed by atoms with E-state index >= 15 is 0 Å². The SMILES string of the molecule is CCCC1Oc2ccc(OC)cc2C1=O. The van der Waals surface area contributed by atoms with Crippen molar-refractivity contribution in [2.75, 3.05) is 7.11 Å². The van der Waals surface area contributed by atoms with Crippen LogP contribution in [0.15, 0.2) is 18.2 Å². The van der Waals surface area contributed by atoms with Gasteiger partial charge in [-0.2, -0.15) is 0 Å². The number of hydrogen-bond acceptors (Lipinski definition) is 3. The third-order valence-electron chi connectivity index (χ3n) is 2.56. The minimum Gasteiger partial charge on any atom is -0.497 e. The van der Waals surface area contributed by atoms with E-state index in [9.17, 15) is 4.79 Å². The number of hydrogen-bond donors (Lipinski definition) is 0. The van der Waals surface area contributed by atoms with Gasteiger partial charge in [0, 0.05) is 0 Å². The lowest BCUT2D eigenvalue weighted by atomic mass is 10.1. The predicted molar refractivity (Wildman–Crippen MR) is 56.6 cm³/mol. The largest absolute Gasteiger partial charge is 0.497 e. The second-order valence-electron chi connectivity index (χ2n) is 3.62. The zero-order valence-corrected chi connectivity index (χ0v) is 8.95. The van der Waals surface area contributed by atoms with E-state index in [1.54, 1.807) is 25.3 Å². The van der Waals surface area contributed by atoms with Crippen molar-refractivity contribution in [3.8, 4) is 11.5 Å². The first kappa shape index (κ1) is 10.0. The van der Waals surface area contributed by atoms with E-state index in [1.807, 2.05) is 6.92 Å². The fourth-order valence-corrected chi connectivity index (χ4v) is 1.76. The van der Waals surface area contributed by atoms with E-state index in [-0.39, 0.29) is 11.9 Å². The Balaban J connectivity index is 2.29. The maximum Gasteiger partial charge on any atom is 0.207 e. The minimum atomic E-state index is -0.294. The zero-order valence-electron chi connectivity index (χ0n) is 8.95. The van der Waals surface area contributed by atoms with Crippen LogP contribution in [0.3, 0.4) is 0 Å². The Bertz CT molecular complexity index is 384. The van der Waals surface area contributed by atoms with Gasteiger partial charge in [-0.05, 0) is 24.6 Å². The van der Waals surface area contributed by atoms with E-state index in [1.165, 1.54) is 0 Å². The average molecular weight is 206 g/mol. The molecule has 0 aliphatic carbocycles. The van der Waals surface area contributed by atoms with E-state index in [0.717, 1.165) is 12.8 Å². The first-order valence-electron chi connectivity index (χ1n) is 5.15. The molecule has 0 amide bonds. The summed E-state index contributed by atoms with van der Waals surface area (Å²) in [4.78, 5) is 11.9. The molecule has 0 fully saturated rings. The van der Waals surface area contributed by atoms with Gasteiger partial charge in [0.05, 0.1) is 12.7 Å². The molecule has 1 aromatic carbocycles. The molecule has 0 bridgehead atoms. The van der Waals surface area contributed by atoms with Gasteiger partial charge in [-0.15, -0.1) is 0 Å². The van der Waals surface area contributed by atoms with Crippen LogP contribution in [-0.2, 0) is 0 Å². The Morgan fingerprint density at radius 2 is 2.27 bits per heavy atom. The number of carbonyl (C=O) groups is 1. The average Bonchev–Trinajstić information content (AvgIpc) is 2.56. The predicted octanol–water partition coefficient (Wildman–Crippen LogP) is 2.44. The summed E-state index contributed by atoms with van der Waals surface area (Å²) >= 11 is 0. The van der Waals surface area contributed by atoms with Gasteiger partial charge < -0.3 is 9.47 Å². The standard InChI is InChI=1S/C12H14O3/c1-3-4-11-12(13)9-7-8(14-2)5-6-10(9)15-11/h5-7,11H,3-4H2,1-2H3. The van der Waals surface area contributed by atoms with E-state index in [0.29, 0.717) is 17.1 Å². The normalized spacial score (nSPS) is 18.5.